The van der Waals surface area contributed by atoms with Gasteiger partial charge in [-0.25, -0.2) is 9.37 Å². The van der Waals surface area contributed by atoms with Crippen LogP contribution in [-0.4, -0.2) is 16.9 Å². The van der Waals surface area contributed by atoms with Crippen molar-refractivity contribution in [3.8, 4) is 0 Å². The van der Waals surface area contributed by atoms with Crippen LogP contribution in [0.3, 0.4) is 0 Å². The second-order valence-corrected chi connectivity index (χ2v) is 5.10. The first kappa shape index (κ1) is 13.6. The topological polar surface area (TPSA) is 55.3 Å². The van der Waals surface area contributed by atoms with Crippen molar-refractivity contribution >= 4 is 16.8 Å². The van der Waals surface area contributed by atoms with Crippen molar-refractivity contribution in [1.29, 1.82) is 0 Å². The van der Waals surface area contributed by atoms with E-state index < -0.39 is 0 Å². The number of hydrogen-bond acceptors (Lipinski definition) is 4. The number of aromatic nitrogens is 1. The van der Waals surface area contributed by atoms with E-state index in [0.29, 0.717) is 35.8 Å². The molecule has 0 spiro atoms. The molecule has 0 unspecified atom stereocenters. The van der Waals surface area contributed by atoms with E-state index in [2.05, 4.69) is 4.98 Å². The Morgan fingerprint density at radius 2 is 2.00 bits per heavy atom. The van der Waals surface area contributed by atoms with Crippen LogP contribution in [0.2, 0.25) is 0 Å². The van der Waals surface area contributed by atoms with E-state index in [1.165, 1.54) is 12.1 Å². The van der Waals surface area contributed by atoms with Crippen LogP contribution in [0.5, 0.6) is 0 Å². The summed E-state index contributed by atoms with van der Waals surface area (Å²) < 4.78 is 18.8. The van der Waals surface area contributed by atoms with Gasteiger partial charge < -0.3 is 10.2 Å². The van der Waals surface area contributed by atoms with Gasteiger partial charge in [0.25, 0.3) is 0 Å². The van der Waals surface area contributed by atoms with E-state index >= 15 is 0 Å². The number of para-hydroxylation sites is 1. The Hall–Kier alpha value is -2.40. The van der Waals surface area contributed by atoms with E-state index in [9.17, 15) is 4.39 Å². The lowest BCUT2D eigenvalue weighted by Gasteiger charge is -2.14. The molecule has 2 aromatic carbocycles. The quantitative estimate of drug-likeness (QED) is 0.748. The smallest absolute Gasteiger partial charge is 0.209 e. The maximum Gasteiger partial charge on any atom is 0.209 e. The van der Waals surface area contributed by atoms with Gasteiger partial charge in [0.15, 0.2) is 5.58 Å². The van der Waals surface area contributed by atoms with Crippen LogP contribution < -0.4 is 5.73 Å². The third-order valence-electron chi connectivity index (χ3n) is 3.24. The van der Waals surface area contributed by atoms with Crippen LogP contribution >= 0.6 is 0 Å². The molecule has 0 saturated heterocycles. The van der Waals surface area contributed by atoms with Gasteiger partial charge in [-0.15, -0.1) is 0 Å². The first-order valence-electron chi connectivity index (χ1n) is 6.69. The van der Waals surface area contributed by atoms with Crippen molar-refractivity contribution in [2.45, 2.75) is 13.1 Å². The number of anilines is 1. The van der Waals surface area contributed by atoms with E-state index in [1.807, 2.05) is 30.1 Å². The monoisotopic (exact) mass is 285 g/mol. The molecule has 2 N–H and O–H groups in total. The Bertz CT molecular complexity index is 769. The summed E-state index contributed by atoms with van der Waals surface area (Å²) in [7, 11) is 1.93. The van der Waals surface area contributed by atoms with Crippen LogP contribution in [0, 0.1) is 5.82 Å². The average molecular weight is 285 g/mol. The van der Waals surface area contributed by atoms with Crippen LogP contribution in [0.4, 0.5) is 10.1 Å². The highest BCUT2D eigenvalue weighted by Crippen LogP contribution is 2.22. The molecule has 0 saturated carbocycles. The molecule has 0 radical (unpaired) electrons. The highest BCUT2D eigenvalue weighted by Gasteiger charge is 2.10. The molecule has 0 fully saturated rings. The van der Waals surface area contributed by atoms with Gasteiger partial charge in [0.1, 0.15) is 11.3 Å². The highest BCUT2D eigenvalue weighted by molar-refractivity contribution is 5.85. The first-order valence-corrected chi connectivity index (χ1v) is 6.69. The molecule has 0 aliphatic rings. The molecule has 4 nitrogen and oxygen atoms in total. The summed E-state index contributed by atoms with van der Waals surface area (Å²) in [5.41, 5.74) is 8.75. The lowest BCUT2D eigenvalue weighted by atomic mass is 10.2. The number of nitrogens with zero attached hydrogens (tertiary/aromatic N) is 2. The Morgan fingerprint density at radius 1 is 1.19 bits per heavy atom. The van der Waals surface area contributed by atoms with Gasteiger partial charge in [-0.05, 0) is 36.9 Å². The fourth-order valence-corrected chi connectivity index (χ4v) is 2.32. The summed E-state index contributed by atoms with van der Waals surface area (Å²) in [6.45, 7) is 1.15. The summed E-state index contributed by atoms with van der Waals surface area (Å²) in [6.07, 6.45) is 0. The summed E-state index contributed by atoms with van der Waals surface area (Å²) in [4.78, 5) is 6.41. The van der Waals surface area contributed by atoms with Crippen LogP contribution in [0.1, 0.15) is 11.5 Å². The molecule has 1 heterocycles. The zero-order chi connectivity index (χ0) is 14.8. The molecule has 5 heteroatoms. The highest BCUT2D eigenvalue weighted by atomic mass is 19.1. The molecule has 0 atom stereocenters. The molecule has 21 heavy (non-hydrogen) atoms. The van der Waals surface area contributed by atoms with Crippen molar-refractivity contribution in [3.63, 3.8) is 0 Å². The van der Waals surface area contributed by atoms with Gasteiger partial charge in [-0.1, -0.05) is 18.2 Å². The van der Waals surface area contributed by atoms with Crippen molar-refractivity contribution < 1.29 is 8.81 Å². The van der Waals surface area contributed by atoms with Crippen LogP contribution in [0.15, 0.2) is 46.9 Å². The molecule has 0 amide bonds. The van der Waals surface area contributed by atoms with Gasteiger partial charge in [0.05, 0.1) is 12.2 Å². The second kappa shape index (κ2) is 5.54. The number of halogens is 1. The van der Waals surface area contributed by atoms with Crippen LogP contribution in [-0.2, 0) is 13.1 Å². The third kappa shape index (κ3) is 3.03. The van der Waals surface area contributed by atoms with Crippen molar-refractivity contribution in [1.82, 2.24) is 9.88 Å². The van der Waals surface area contributed by atoms with E-state index in [1.54, 1.807) is 12.1 Å². The standard InChI is InChI=1S/C16H16FN3O/c1-20(9-11-4-2-5-12(17)8-11)10-15-19-16-13(18)6-3-7-14(16)21-15/h2-8H,9-10,18H2,1H3. The summed E-state index contributed by atoms with van der Waals surface area (Å²) in [5.74, 6) is 0.373. The molecule has 1 aromatic heterocycles. The number of nitrogens with two attached hydrogens (primary N) is 1. The maximum atomic E-state index is 13.2. The molecule has 0 bridgehead atoms. The average Bonchev–Trinajstić information content (AvgIpc) is 2.82. The maximum absolute atomic E-state index is 13.2. The minimum Gasteiger partial charge on any atom is -0.439 e. The molecule has 0 aliphatic heterocycles. The zero-order valence-corrected chi connectivity index (χ0v) is 11.7. The normalized spacial score (nSPS) is 11.4. The summed E-state index contributed by atoms with van der Waals surface area (Å²) in [5, 5.41) is 0. The van der Waals surface area contributed by atoms with Gasteiger partial charge >= 0.3 is 0 Å². The number of benzene rings is 2. The molecular weight excluding hydrogens is 269 g/mol. The number of oxazole rings is 1. The van der Waals surface area contributed by atoms with Gasteiger partial charge in [-0.3, -0.25) is 4.90 Å². The van der Waals surface area contributed by atoms with Gasteiger partial charge in [0.2, 0.25) is 5.89 Å². The van der Waals surface area contributed by atoms with Crippen molar-refractivity contribution in [3.05, 3.63) is 59.7 Å². The molecular formula is C16H16FN3O. The van der Waals surface area contributed by atoms with Gasteiger partial charge in [-0.2, -0.15) is 0 Å². The van der Waals surface area contributed by atoms with E-state index in [-0.39, 0.29) is 5.82 Å². The Kier molecular flexibility index (Phi) is 3.58. The summed E-state index contributed by atoms with van der Waals surface area (Å²) in [6, 6.07) is 12.0. The Balaban J connectivity index is 1.74. The minimum absolute atomic E-state index is 0.226. The minimum atomic E-state index is -0.226. The third-order valence-corrected chi connectivity index (χ3v) is 3.24. The fourth-order valence-electron chi connectivity index (χ4n) is 2.32. The van der Waals surface area contributed by atoms with E-state index in [0.717, 1.165) is 5.56 Å². The SMILES string of the molecule is CN(Cc1cccc(F)c1)Cc1nc2c(N)cccc2o1. The molecule has 108 valence electrons. The Morgan fingerprint density at radius 3 is 2.76 bits per heavy atom. The van der Waals surface area contributed by atoms with Crippen LogP contribution in [0.25, 0.3) is 11.1 Å². The lowest BCUT2D eigenvalue weighted by Crippen LogP contribution is -2.17. The first-order chi connectivity index (χ1) is 10.1. The predicted molar refractivity (Wildman–Crippen MR) is 80.0 cm³/mol. The van der Waals surface area contributed by atoms with E-state index in [4.69, 9.17) is 10.2 Å². The predicted octanol–water partition coefficient (Wildman–Crippen LogP) is 3.18. The number of rotatable bonds is 4. The van der Waals surface area contributed by atoms with Crippen molar-refractivity contribution in [2.75, 3.05) is 12.8 Å². The summed E-state index contributed by atoms with van der Waals surface area (Å²) >= 11 is 0. The largest absolute Gasteiger partial charge is 0.439 e. The lowest BCUT2D eigenvalue weighted by molar-refractivity contribution is 0.285. The number of hydrogen-bond donors (Lipinski definition) is 1. The molecule has 3 rings (SSSR count). The number of fused-ring (bicyclic) bond motifs is 1. The van der Waals surface area contributed by atoms with Crippen molar-refractivity contribution in [2.24, 2.45) is 0 Å². The molecule has 0 aliphatic carbocycles. The molecule has 3 aromatic rings. The second-order valence-electron chi connectivity index (χ2n) is 5.10. The zero-order valence-electron chi connectivity index (χ0n) is 11.7. The Labute approximate surface area is 122 Å². The fraction of sp³-hybridized carbons (Fsp3) is 0.188. The number of nitrogen functional groups attached to an aromatic ring is 1. The van der Waals surface area contributed by atoms with Gasteiger partial charge in [0, 0.05) is 6.54 Å².